The fraction of sp³-hybridized carbons (Fsp3) is 0.300. The number of amides is 2. The van der Waals surface area contributed by atoms with Gasteiger partial charge in [0.05, 0.1) is 31.1 Å². The average molecular weight is 383 g/mol. The molecule has 1 saturated heterocycles. The first-order valence-electron chi connectivity index (χ1n) is 9.20. The Labute approximate surface area is 162 Å². The summed E-state index contributed by atoms with van der Waals surface area (Å²) in [4.78, 5) is 38.6. The molecule has 8 nitrogen and oxygen atoms in total. The highest BCUT2D eigenvalue weighted by Crippen LogP contribution is 2.23. The fourth-order valence-corrected chi connectivity index (χ4v) is 3.36. The van der Waals surface area contributed by atoms with Crippen LogP contribution < -0.4 is 10.2 Å². The van der Waals surface area contributed by atoms with Crippen LogP contribution in [0.1, 0.15) is 17.3 Å². The second-order valence-corrected chi connectivity index (χ2v) is 6.80. The minimum absolute atomic E-state index is 0.00309. The lowest BCUT2D eigenvalue weighted by atomic mass is 10.1. The van der Waals surface area contributed by atoms with E-state index in [4.69, 9.17) is 0 Å². The van der Waals surface area contributed by atoms with Gasteiger partial charge in [-0.1, -0.05) is 30.3 Å². The van der Waals surface area contributed by atoms with E-state index < -0.39 is 4.92 Å². The van der Waals surface area contributed by atoms with Crippen molar-refractivity contribution in [3.8, 4) is 0 Å². The zero-order valence-corrected chi connectivity index (χ0v) is 15.6. The van der Waals surface area contributed by atoms with E-state index in [1.165, 1.54) is 12.1 Å². The molecule has 1 fully saturated rings. The molecule has 0 radical (unpaired) electrons. The first-order chi connectivity index (χ1) is 13.5. The molecule has 2 N–H and O–H groups in total. The van der Waals surface area contributed by atoms with Crippen LogP contribution >= 0.6 is 0 Å². The minimum atomic E-state index is -0.513. The molecule has 1 aliphatic rings. The Kier molecular flexibility index (Phi) is 6.00. The van der Waals surface area contributed by atoms with Crippen LogP contribution in [0.25, 0.3) is 0 Å². The third-order valence-corrected chi connectivity index (χ3v) is 5.08. The van der Waals surface area contributed by atoms with Crippen molar-refractivity contribution >= 4 is 23.2 Å². The van der Waals surface area contributed by atoms with E-state index in [9.17, 15) is 19.7 Å². The molecule has 0 aromatic heterocycles. The lowest BCUT2D eigenvalue weighted by Crippen LogP contribution is -3.19. The third kappa shape index (κ3) is 4.34. The highest BCUT2D eigenvalue weighted by Gasteiger charge is 2.31. The van der Waals surface area contributed by atoms with Crippen LogP contribution in [0.2, 0.25) is 0 Å². The van der Waals surface area contributed by atoms with Gasteiger partial charge in [0.2, 0.25) is 0 Å². The van der Waals surface area contributed by atoms with Crippen molar-refractivity contribution in [1.29, 1.82) is 0 Å². The van der Waals surface area contributed by atoms with Gasteiger partial charge in [0.1, 0.15) is 5.69 Å². The Balaban J connectivity index is 1.58. The molecule has 28 heavy (non-hydrogen) atoms. The number of anilines is 1. The fourth-order valence-electron chi connectivity index (χ4n) is 3.36. The van der Waals surface area contributed by atoms with Gasteiger partial charge in [-0.05, 0) is 25.1 Å². The number of rotatable bonds is 5. The number of quaternary nitrogens is 1. The zero-order valence-electron chi connectivity index (χ0n) is 15.6. The van der Waals surface area contributed by atoms with Gasteiger partial charge in [-0.25, -0.2) is 0 Å². The van der Waals surface area contributed by atoms with Gasteiger partial charge in [-0.15, -0.1) is 0 Å². The van der Waals surface area contributed by atoms with E-state index in [-0.39, 0.29) is 29.2 Å². The molecule has 3 rings (SSSR count). The predicted octanol–water partition coefficient (Wildman–Crippen LogP) is 0.963. The minimum Gasteiger partial charge on any atom is -0.327 e. The van der Waals surface area contributed by atoms with E-state index in [2.05, 4.69) is 5.32 Å². The van der Waals surface area contributed by atoms with Crippen LogP contribution in [0.15, 0.2) is 54.6 Å². The lowest BCUT2D eigenvalue weighted by molar-refractivity contribution is -0.917. The number of piperazine rings is 1. The maximum absolute atomic E-state index is 12.6. The summed E-state index contributed by atoms with van der Waals surface area (Å²) in [6.07, 6.45) is 0. The molecular formula is C20H23N4O4+. The summed E-state index contributed by atoms with van der Waals surface area (Å²) in [5, 5.41) is 13.8. The summed E-state index contributed by atoms with van der Waals surface area (Å²) in [6.45, 7) is 4.21. The monoisotopic (exact) mass is 383 g/mol. The molecule has 8 heteroatoms. The second kappa shape index (κ2) is 8.62. The van der Waals surface area contributed by atoms with Gasteiger partial charge in [0.25, 0.3) is 17.5 Å². The molecule has 0 aliphatic carbocycles. The zero-order chi connectivity index (χ0) is 20.1. The van der Waals surface area contributed by atoms with Crippen LogP contribution in [0, 0.1) is 10.1 Å². The summed E-state index contributed by atoms with van der Waals surface area (Å²) < 4.78 is 0. The van der Waals surface area contributed by atoms with Crippen LogP contribution in [0.5, 0.6) is 0 Å². The summed E-state index contributed by atoms with van der Waals surface area (Å²) in [6, 6.07) is 14.8. The first-order valence-corrected chi connectivity index (χ1v) is 9.20. The topological polar surface area (TPSA) is 97.0 Å². The average Bonchev–Trinajstić information content (AvgIpc) is 2.73. The number of hydrogen-bond acceptors (Lipinski definition) is 4. The highest BCUT2D eigenvalue weighted by atomic mass is 16.6. The number of nitrogens with one attached hydrogen (secondary N) is 2. The van der Waals surface area contributed by atoms with Crippen LogP contribution in [0.3, 0.4) is 0 Å². The molecule has 2 aromatic rings. The van der Waals surface area contributed by atoms with Crippen LogP contribution in [0.4, 0.5) is 11.4 Å². The van der Waals surface area contributed by atoms with Crippen molar-refractivity contribution in [1.82, 2.24) is 4.90 Å². The molecular weight excluding hydrogens is 360 g/mol. The van der Waals surface area contributed by atoms with Crippen molar-refractivity contribution in [3.05, 3.63) is 70.3 Å². The van der Waals surface area contributed by atoms with Gasteiger partial charge < -0.3 is 15.1 Å². The van der Waals surface area contributed by atoms with E-state index in [1.807, 2.05) is 18.2 Å². The number of carbonyl (C=O) groups is 2. The number of nitro groups is 1. The van der Waals surface area contributed by atoms with E-state index in [0.717, 1.165) is 4.90 Å². The summed E-state index contributed by atoms with van der Waals surface area (Å²) >= 11 is 0. The molecule has 2 aromatic carbocycles. The van der Waals surface area contributed by atoms with Gasteiger partial charge >= 0.3 is 0 Å². The van der Waals surface area contributed by atoms with Gasteiger partial charge in [0, 0.05) is 11.6 Å². The quantitative estimate of drug-likeness (QED) is 0.594. The Morgan fingerprint density at radius 2 is 1.68 bits per heavy atom. The standard InChI is InChI=1S/C20H22N4O4/c1-15(19(25)21-17-9-5-6-10-18(17)24(27)28)22-11-13-23(14-12-22)20(26)16-7-3-2-4-8-16/h2-10,15H,11-14H2,1H3,(H,21,25)/p+1/t15-/m1/s1. The lowest BCUT2D eigenvalue weighted by Gasteiger charge is -2.34. The molecule has 0 bridgehead atoms. The Hall–Kier alpha value is -3.26. The van der Waals surface area contributed by atoms with Crippen molar-refractivity contribution in [3.63, 3.8) is 0 Å². The molecule has 1 aliphatic heterocycles. The summed E-state index contributed by atoms with van der Waals surface area (Å²) in [5.41, 5.74) is 0.728. The molecule has 0 spiro atoms. The third-order valence-electron chi connectivity index (χ3n) is 5.08. The van der Waals surface area contributed by atoms with E-state index in [1.54, 1.807) is 36.1 Å². The van der Waals surface area contributed by atoms with Crippen molar-refractivity contribution in [2.75, 3.05) is 31.5 Å². The van der Waals surface area contributed by atoms with Crippen molar-refractivity contribution in [2.45, 2.75) is 13.0 Å². The van der Waals surface area contributed by atoms with Gasteiger partial charge in [0.15, 0.2) is 6.04 Å². The van der Waals surface area contributed by atoms with Crippen molar-refractivity contribution in [2.24, 2.45) is 0 Å². The number of nitrogens with zero attached hydrogens (tertiary/aromatic N) is 2. The van der Waals surface area contributed by atoms with Crippen LogP contribution in [-0.2, 0) is 4.79 Å². The van der Waals surface area contributed by atoms with Gasteiger partial charge in [-0.2, -0.15) is 0 Å². The molecule has 2 amide bonds. The second-order valence-electron chi connectivity index (χ2n) is 6.80. The van der Waals surface area contributed by atoms with Crippen LogP contribution in [-0.4, -0.2) is 53.9 Å². The summed E-state index contributed by atoms with van der Waals surface area (Å²) in [7, 11) is 0. The SMILES string of the molecule is C[C@H](C(=O)Nc1ccccc1[N+](=O)[O-])[NH+]1CCN(C(=O)c2ccccc2)CC1. The summed E-state index contributed by atoms with van der Waals surface area (Å²) in [5.74, 6) is -0.274. The number of benzene rings is 2. The predicted molar refractivity (Wildman–Crippen MR) is 104 cm³/mol. The molecule has 1 heterocycles. The smallest absolute Gasteiger partial charge is 0.292 e. The molecule has 0 unspecified atom stereocenters. The van der Waals surface area contributed by atoms with E-state index >= 15 is 0 Å². The Morgan fingerprint density at radius 3 is 2.32 bits per heavy atom. The van der Waals surface area contributed by atoms with Gasteiger partial charge in [-0.3, -0.25) is 19.7 Å². The number of hydrogen-bond donors (Lipinski definition) is 2. The first kappa shape index (κ1) is 19.5. The highest BCUT2D eigenvalue weighted by molar-refractivity contribution is 5.96. The Bertz CT molecular complexity index is 864. The molecule has 146 valence electrons. The maximum atomic E-state index is 12.6. The molecule has 1 atom stereocenters. The number of nitro benzene ring substituents is 1. The van der Waals surface area contributed by atoms with E-state index in [0.29, 0.717) is 31.7 Å². The number of carbonyl (C=O) groups excluding carboxylic acids is 2. The maximum Gasteiger partial charge on any atom is 0.292 e. The number of para-hydroxylation sites is 2. The molecule has 0 saturated carbocycles. The Morgan fingerprint density at radius 1 is 1.07 bits per heavy atom. The largest absolute Gasteiger partial charge is 0.327 e. The van der Waals surface area contributed by atoms with Crippen molar-refractivity contribution < 1.29 is 19.4 Å². The normalized spacial score (nSPS) is 15.7.